The van der Waals surface area contributed by atoms with Crippen molar-refractivity contribution in [1.82, 2.24) is 0 Å². The van der Waals surface area contributed by atoms with E-state index in [0.29, 0.717) is 12.8 Å². The van der Waals surface area contributed by atoms with Gasteiger partial charge in [0.25, 0.3) is 0 Å². The molecule has 1 nitrogen and oxygen atoms in total. The molecule has 0 bridgehead atoms. The molecule has 1 fully saturated rings. The summed E-state index contributed by atoms with van der Waals surface area (Å²) in [5.74, 6) is -0.563. The zero-order chi connectivity index (χ0) is 7.99. The van der Waals surface area contributed by atoms with Crippen LogP contribution in [0.1, 0.15) is 19.8 Å². The van der Waals surface area contributed by atoms with Crippen LogP contribution in [0.2, 0.25) is 0 Å². The molecule has 10 heavy (non-hydrogen) atoms. The Kier molecular flexibility index (Phi) is 1.47. The minimum absolute atomic E-state index is 0.493. The molecule has 1 saturated carbocycles. The van der Waals surface area contributed by atoms with Gasteiger partial charge >= 0.3 is 6.18 Å². The number of halogens is 3. The highest BCUT2D eigenvalue weighted by Gasteiger charge is 2.58. The largest absolute Gasteiger partial charge is 0.417 e. The maximum atomic E-state index is 11.9. The second-order valence-electron chi connectivity index (χ2n) is 2.92. The van der Waals surface area contributed by atoms with E-state index in [1.54, 1.807) is 0 Å². The molecule has 1 rings (SSSR count). The molecule has 0 heterocycles. The van der Waals surface area contributed by atoms with E-state index in [9.17, 15) is 13.2 Å². The lowest BCUT2D eigenvalue weighted by Gasteiger charge is -2.25. The zero-order valence-electron chi connectivity index (χ0n) is 5.57. The van der Waals surface area contributed by atoms with E-state index in [2.05, 4.69) is 0 Å². The van der Waals surface area contributed by atoms with Crippen molar-refractivity contribution in [3.63, 3.8) is 0 Å². The van der Waals surface area contributed by atoms with Crippen molar-refractivity contribution in [2.24, 2.45) is 5.92 Å². The van der Waals surface area contributed by atoms with E-state index in [1.807, 2.05) is 0 Å². The van der Waals surface area contributed by atoms with Gasteiger partial charge in [-0.25, -0.2) is 0 Å². The summed E-state index contributed by atoms with van der Waals surface area (Å²) in [4.78, 5) is 0. The Labute approximate surface area is 56.8 Å². The maximum Gasteiger partial charge on any atom is 0.417 e. The van der Waals surface area contributed by atoms with Crippen LogP contribution in [0.3, 0.4) is 0 Å². The maximum absolute atomic E-state index is 11.9. The standard InChI is InChI=1S/C6H9F3O/c1-5(10,4-2-3-4)6(7,8)9/h4,10H,2-3H2,1H3/t5-/m1/s1. The van der Waals surface area contributed by atoms with E-state index in [0.717, 1.165) is 6.92 Å². The third kappa shape index (κ3) is 1.12. The molecule has 0 amide bonds. The fourth-order valence-electron chi connectivity index (χ4n) is 0.877. The van der Waals surface area contributed by atoms with Crippen LogP contribution < -0.4 is 0 Å². The van der Waals surface area contributed by atoms with Crippen molar-refractivity contribution in [2.75, 3.05) is 0 Å². The topological polar surface area (TPSA) is 20.2 Å². The quantitative estimate of drug-likeness (QED) is 0.609. The Bertz CT molecular complexity index is 134. The van der Waals surface area contributed by atoms with Crippen molar-refractivity contribution < 1.29 is 18.3 Å². The predicted octanol–water partition coefficient (Wildman–Crippen LogP) is 1.71. The van der Waals surface area contributed by atoms with Gasteiger partial charge in [0.05, 0.1) is 0 Å². The first-order valence-corrected chi connectivity index (χ1v) is 3.15. The van der Waals surface area contributed by atoms with Crippen LogP contribution in [0, 0.1) is 5.92 Å². The van der Waals surface area contributed by atoms with Crippen molar-refractivity contribution in [2.45, 2.75) is 31.5 Å². The summed E-state index contributed by atoms with van der Waals surface area (Å²) in [6.07, 6.45) is -3.48. The molecule has 0 aromatic carbocycles. The van der Waals surface area contributed by atoms with E-state index in [1.165, 1.54) is 0 Å². The molecule has 0 saturated heterocycles. The molecule has 0 spiro atoms. The lowest BCUT2D eigenvalue weighted by Crippen LogP contribution is -2.44. The molecule has 0 radical (unpaired) electrons. The molecule has 4 heteroatoms. The summed E-state index contributed by atoms with van der Waals surface area (Å²) < 4.78 is 35.6. The minimum atomic E-state index is -4.46. The molecular formula is C6H9F3O. The van der Waals surface area contributed by atoms with Crippen LogP contribution in [-0.4, -0.2) is 16.9 Å². The minimum Gasteiger partial charge on any atom is -0.380 e. The van der Waals surface area contributed by atoms with Crippen LogP contribution in [-0.2, 0) is 0 Å². The lowest BCUT2D eigenvalue weighted by atomic mass is 10.0. The third-order valence-electron chi connectivity index (χ3n) is 1.95. The highest BCUT2D eigenvalue weighted by Crippen LogP contribution is 2.47. The summed E-state index contributed by atoms with van der Waals surface area (Å²) in [7, 11) is 0. The van der Waals surface area contributed by atoms with E-state index < -0.39 is 17.7 Å². The van der Waals surface area contributed by atoms with Crippen LogP contribution in [0.4, 0.5) is 13.2 Å². The summed E-state index contributed by atoms with van der Waals surface area (Å²) in [5.41, 5.74) is -2.45. The second-order valence-corrected chi connectivity index (χ2v) is 2.92. The van der Waals surface area contributed by atoms with Gasteiger partial charge in [-0.2, -0.15) is 13.2 Å². The first-order valence-electron chi connectivity index (χ1n) is 3.15. The van der Waals surface area contributed by atoms with Gasteiger partial charge in [0.15, 0.2) is 5.60 Å². The van der Waals surface area contributed by atoms with Gasteiger partial charge in [0.1, 0.15) is 0 Å². The molecule has 0 unspecified atom stereocenters. The molecule has 0 aliphatic heterocycles. The van der Waals surface area contributed by atoms with Crippen LogP contribution in [0.15, 0.2) is 0 Å². The SMILES string of the molecule is C[C@@](O)(C1CC1)C(F)(F)F. The lowest BCUT2D eigenvalue weighted by molar-refractivity contribution is -0.260. The van der Waals surface area contributed by atoms with Gasteiger partial charge in [0, 0.05) is 0 Å². The van der Waals surface area contributed by atoms with Crippen molar-refractivity contribution >= 4 is 0 Å². The van der Waals surface area contributed by atoms with Gasteiger partial charge in [-0.3, -0.25) is 0 Å². The Morgan fingerprint density at radius 2 is 1.70 bits per heavy atom. The molecule has 0 aromatic rings. The monoisotopic (exact) mass is 154 g/mol. The van der Waals surface area contributed by atoms with Gasteiger partial charge in [0.2, 0.25) is 0 Å². The number of hydrogen-bond donors (Lipinski definition) is 1. The highest BCUT2D eigenvalue weighted by molar-refractivity contribution is 4.96. The summed E-state index contributed by atoms with van der Waals surface area (Å²) in [6, 6.07) is 0. The average Bonchev–Trinajstić information content (AvgIpc) is 2.38. The molecule has 1 atom stereocenters. The average molecular weight is 154 g/mol. The number of hydrogen-bond acceptors (Lipinski definition) is 1. The molecule has 1 aliphatic carbocycles. The fourth-order valence-corrected chi connectivity index (χ4v) is 0.877. The predicted molar refractivity (Wildman–Crippen MR) is 29.4 cm³/mol. The van der Waals surface area contributed by atoms with E-state index in [4.69, 9.17) is 5.11 Å². The Morgan fingerprint density at radius 3 is 1.80 bits per heavy atom. The van der Waals surface area contributed by atoms with Gasteiger partial charge in [-0.05, 0) is 25.7 Å². The van der Waals surface area contributed by atoms with E-state index in [-0.39, 0.29) is 0 Å². The van der Waals surface area contributed by atoms with E-state index >= 15 is 0 Å². The van der Waals surface area contributed by atoms with Crippen LogP contribution >= 0.6 is 0 Å². The van der Waals surface area contributed by atoms with Crippen LogP contribution in [0.5, 0.6) is 0 Å². The summed E-state index contributed by atoms with van der Waals surface area (Å²) >= 11 is 0. The Hall–Kier alpha value is -0.250. The molecule has 60 valence electrons. The van der Waals surface area contributed by atoms with Gasteiger partial charge < -0.3 is 5.11 Å². The first kappa shape index (κ1) is 7.85. The zero-order valence-corrected chi connectivity index (χ0v) is 5.57. The van der Waals surface area contributed by atoms with Crippen molar-refractivity contribution in [1.29, 1.82) is 0 Å². The Morgan fingerprint density at radius 1 is 1.30 bits per heavy atom. The fraction of sp³-hybridized carbons (Fsp3) is 1.00. The summed E-state index contributed by atoms with van der Waals surface area (Å²) in [6.45, 7) is 0.838. The Balaban J connectivity index is 2.66. The molecule has 1 N–H and O–H groups in total. The van der Waals surface area contributed by atoms with Gasteiger partial charge in [-0.15, -0.1) is 0 Å². The third-order valence-corrected chi connectivity index (χ3v) is 1.95. The van der Waals surface area contributed by atoms with Crippen molar-refractivity contribution in [3.05, 3.63) is 0 Å². The highest BCUT2D eigenvalue weighted by atomic mass is 19.4. The number of alkyl halides is 3. The summed E-state index contributed by atoms with van der Waals surface area (Å²) in [5, 5.41) is 8.87. The molecule has 1 aliphatic rings. The first-order chi connectivity index (χ1) is 4.36. The number of aliphatic hydroxyl groups is 1. The second kappa shape index (κ2) is 1.87. The smallest absolute Gasteiger partial charge is 0.380 e. The number of rotatable bonds is 1. The van der Waals surface area contributed by atoms with Crippen molar-refractivity contribution in [3.8, 4) is 0 Å². The van der Waals surface area contributed by atoms with Crippen LogP contribution in [0.25, 0.3) is 0 Å². The molecular weight excluding hydrogens is 145 g/mol. The normalized spacial score (nSPS) is 26.1. The van der Waals surface area contributed by atoms with Gasteiger partial charge in [-0.1, -0.05) is 0 Å². The molecule has 0 aromatic heterocycles.